The van der Waals surface area contributed by atoms with Crippen LogP contribution in [-0.2, 0) is 4.79 Å². The first-order valence-electron chi connectivity index (χ1n) is 5.41. The summed E-state index contributed by atoms with van der Waals surface area (Å²) in [7, 11) is 0. The van der Waals surface area contributed by atoms with E-state index in [2.05, 4.69) is 25.7 Å². The average molecular weight is 183 g/mol. The summed E-state index contributed by atoms with van der Waals surface area (Å²) in [6, 6.07) is 0.674. The van der Waals surface area contributed by atoms with Crippen molar-refractivity contribution >= 4 is 5.78 Å². The number of piperidine rings is 1. The van der Waals surface area contributed by atoms with Crippen molar-refractivity contribution in [1.82, 2.24) is 4.90 Å². The molecule has 2 heteroatoms. The summed E-state index contributed by atoms with van der Waals surface area (Å²) >= 11 is 0. The van der Waals surface area contributed by atoms with Gasteiger partial charge in [-0.25, -0.2) is 0 Å². The number of hydrogen-bond acceptors (Lipinski definition) is 2. The molecule has 2 nitrogen and oxygen atoms in total. The SMILES string of the molecule is CCC(C(C)C)N1CCC(=O)CC1. The maximum Gasteiger partial charge on any atom is 0.135 e. The van der Waals surface area contributed by atoms with Crippen molar-refractivity contribution in [2.45, 2.75) is 46.1 Å². The van der Waals surface area contributed by atoms with Gasteiger partial charge >= 0.3 is 0 Å². The van der Waals surface area contributed by atoms with Crippen LogP contribution in [0.3, 0.4) is 0 Å². The van der Waals surface area contributed by atoms with Crippen LogP contribution in [0.5, 0.6) is 0 Å². The molecule has 1 rings (SSSR count). The summed E-state index contributed by atoms with van der Waals surface area (Å²) in [6.45, 7) is 8.74. The molecule has 0 aromatic heterocycles. The van der Waals surface area contributed by atoms with Crippen LogP contribution >= 0.6 is 0 Å². The van der Waals surface area contributed by atoms with Crippen LogP contribution in [0.25, 0.3) is 0 Å². The second-order valence-corrected chi connectivity index (χ2v) is 4.29. The van der Waals surface area contributed by atoms with Gasteiger partial charge in [-0.15, -0.1) is 0 Å². The average Bonchev–Trinajstić information content (AvgIpc) is 2.09. The Bertz CT molecular complexity index is 167. The molecule has 1 heterocycles. The van der Waals surface area contributed by atoms with E-state index in [0.29, 0.717) is 17.7 Å². The zero-order valence-electron chi connectivity index (χ0n) is 9.05. The fraction of sp³-hybridized carbons (Fsp3) is 0.909. The minimum Gasteiger partial charge on any atom is -0.300 e. The number of Topliss-reactive ketones (excluding diaryl/α,β-unsaturated/α-hetero) is 1. The lowest BCUT2D eigenvalue weighted by Gasteiger charge is -2.35. The number of rotatable bonds is 3. The van der Waals surface area contributed by atoms with Crippen LogP contribution in [0.1, 0.15) is 40.0 Å². The predicted octanol–water partition coefficient (Wildman–Crippen LogP) is 2.09. The molecule has 1 aliphatic heterocycles. The Morgan fingerprint density at radius 3 is 2.23 bits per heavy atom. The lowest BCUT2D eigenvalue weighted by atomic mass is 9.97. The first-order chi connectivity index (χ1) is 6.15. The monoisotopic (exact) mass is 183 g/mol. The molecule has 1 unspecified atom stereocenters. The first-order valence-corrected chi connectivity index (χ1v) is 5.41. The van der Waals surface area contributed by atoms with Gasteiger partial charge in [0.15, 0.2) is 0 Å². The Morgan fingerprint density at radius 2 is 1.85 bits per heavy atom. The molecule has 0 bridgehead atoms. The summed E-state index contributed by atoms with van der Waals surface area (Å²) < 4.78 is 0. The van der Waals surface area contributed by atoms with E-state index >= 15 is 0 Å². The lowest BCUT2D eigenvalue weighted by molar-refractivity contribution is -0.122. The Labute approximate surface area is 81.3 Å². The molecule has 0 saturated carbocycles. The van der Waals surface area contributed by atoms with E-state index in [4.69, 9.17) is 0 Å². The fourth-order valence-corrected chi connectivity index (χ4v) is 2.26. The second-order valence-electron chi connectivity index (χ2n) is 4.29. The van der Waals surface area contributed by atoms with E-state index in [-0.39, 0.29) is 0 Å². The Kier molecular flexibility index (Phi) is 3.91. The third kappa shape index (κ3) is 2.80. The van der Waals surface area contributed by atoms with Crippen molar-refractivity contribution < 1.29 is 4.79 Å². The van der Waals surface area contributed by atoms with Crippen molar-refractivity contribution in [1.29, 1.82) is 0 Å². The Balaban J connectivity index is 2.46. The highest BCUT2D eigenvalue weighted by Crippen LogP contribution is 2.18. The van der Waals surface area contributed by atoms with E-state index in [0.717, 1.165) is 25.9 Å². The van der Waals surface area contributed by atoms with E-state index in [1.807, 2.05) is 0 Å². The minimum atomic E-state index is 0.440. The third-order valence-electron chi connectivity index (χ3n) is 3.01. The topological polar surface area (TPSA) is 20.3 Å². The van der Waals surface area contributed by atoms with Crippen LogP contribution in [-0.4, -0.2) is 29.8 Å². The molecule has 0 N–H and O–H groups in total. The van der Waals surface area contributed by atoms with Gasteiger partial charge < -0.3 is 0 Å². The normalized spacial score (nSPS) is 22.3. The maximum atomic E-state index is 11.1. The van der Waals surface area contributed by atoms with Crippen LogP contribution < -0.4 is 0 Å². The molecule has 1 saturated heterocycles. The van der Waals surface area contributed by atoms with Crippen molar-refractivity contribution in [3.63, 3.8) is 0 Å². The summed E-state index contributed by atoms with van der Waals surface area (Å²) in [5.74, 6) is 1.15. The summed E-state index contributed by atoms with van der Waals surface area (Å²) in [6.07, 6.45) is 2.73. The van der Waals surface area contributed by atoms with E-state index < -0.39 is 0 Å². The predicted molar refractivity (Wildman–Crippen MR) is 54.7 cm³/mol. The van der Waals surface area contributed by atoms with Crippen molar-refractivity contribution in [3.8, 4) is 0 Å². The van der Waals surface area contributed by atoms with Gasteiger partial charge in [0.2, 0.25) is 0 Å². The van der Waals surface area contributed by atoms with Crippen LogP contribution in [0.15, 0.2) is 0 Å². The molecule has 1 fully saturated rings. The minimum absolute atomic E-state index is 0.440. The zero-order valence-corrected chi connectivity index (χ0v) is 9.05. The fourth-order valence-electron chi connectivity index (χ4n) is 2.26. The van der Waals surface area contributed by atoms with Gasteiger partial charge in [-0.1, -0.05) is 20.8 Å². The van der Waals surface area contributed by atoms with Gasteiger partial charge in [0, 0.05) is 32.0 Å². The Morgan fingerprint density at radius 1 is 1.31 bits per heavy atom. The van der Waals surface area contributed by atoms with E-state index in [9.17, 15) is 4.79 Å². The summed E-state index contributed by atoms with van der Waals surface area (Å²) in [5.41, 5.74) is 0. The van der Waals surface area contributed by atoms with Gasteiger partial charge in [-0.3, -0.25) is 9.69 Å². The molecular formula is C11H21NO. The largest absolute Gasteiger partial charge is 0.300 e. The van der Waals surface area contributed by atoms with Gasteiger partial charge in [0.25, 0.3) is 0 Å². The van der Waals surface area contributed by atoms with Gasteiger partial charge in [0.1, 0.15) is 5.78 Å². The highest BCUT2D eigenvalue weighted by Gasteiger charge is 2.24. The molecule has 0 aromatic rings. The van der Waals surface area contributed by atoms with Crippen molar-refractivity contribution in [2.24, 2.45) is 5.92 Å². The molecule has 1 atom stereocenters. The van der Waals surface area contributed by atoms with Gasteiger partial charge in [0.05, 0.1) is 0 Å². The second kappa shape index (κ2) is 4.75. The van der Waals surface area contributed by atoms with Crippen LogP contribution in [0.2, 0.25) is 0 Å². The molecule has 0 aromatic carbocycles. The molecule has 0 spiro atoms. The number of likely N-dealkylation sites (tertiary alicyclic amines) is 1. The molecular weight excluding hydrogens is 162 g/mol. The smallest absolute Gasteiger partial charge is 0.135 e. The van der Waals surface area contributed by atoms with Crippen LogP contribution in [0.4, 0.5) is 0 Å². The number of carbonyl (C=O) groups excluding carboxylic acids is 1. The third-order valence-corrected chi connectivity index (χ3v) is 3.01. The molecule has 0 aliphatic carbocycles. The molecule has 1 aliphatic rings. The lowest BCUT2D eigenvalue weighted by Crippen LogP contribution is -2.43. The van der Waals surface area contributed by atoms with Gasteiger partial charge in [-0.05, 0) is 12.3 Å². The molecule has 0 amide bonds. The van der Waals surface area contributed by atoms with Crippen molar-refractivity contribution in [3.05, 3.63) is 0 Å². The number of hydrogen-bond donors (Lipinski definition) is 0. The van der Waals surface area contributed by atoms with Crippen molar-refractivity contribution in [2.75, 3.05) is 13.1 Å². The highest BCUT2D eigenvalue weighted by molar-refractivity contribution is 5.79. The van der Waals surface area contributed by atoms with E-state index in [1.165, 1.54) is 6.42 Å². The van der Waals surface area contributed by atoms with E-state index in [1.54, 1.807) is 0 Å². The maximum absolute atomic E-state index is 11.1. The number of carbonyl (C=O) groups is 1. The summed E-state index contributed by atoms with van der Waals surface area (Å²) in [4.78, 5) is 13.5. The number of ketones is 1. The van der Waals surface area contributed by atoms with Gasteiger partial charge in [-0.2, -0.15) is 0 Å². The highest BCUT2D eigenvalue weighted by atomic mass is 16.1. The van der Waals surface area contributed by atoms with Crippen LogP contribution in [0, 0.1) is 5.92 Å². The quantitative estimate of drug-likeness (QED) is 0.667. The molecule has 76 valence electrons. The Hall–Kier alpha value is -0.370. The molecule has 13 heavy (non-hydrogen) atoms. The summed E-state index contributed by atoms with van der Waals surface area (Å²) in [5, 5.41) is 0. The zero-order chi connectivity index (χ0) is 9.84. The standard InChI is InChI=1S/C11H21NO/c1-4-11(9(2)3)12-7-5-10(13)6-8-12/h9,11H,4-8H2,1-3H3. The first kappa shape index (κ1) is 10.7. The number of nitrogens with zero attached hydrogens (tertiary/aromatic N) is 1. The molecule has 0 radical (unpaired) electrons.